The Morgan fingerprint density at radius 2 is 1.82 bits per heavy atom. The van der Waals surface area contributed by atoms with Gasteiger partial charge in [-0.25, -0.2) is 13.2 Å². The number of carbonyl (C=O) groups excluding carboxylic acids is 2. The lowest BCUT2D eigenvalue weighted by atomic mass is 10.1. The summed E-state index contributed by atoms with van der Waals surface area (Å²) < 4.78 is 65.9. The van der Waals surface area contributed by atoms with Gasteiger partial charge in [0.2, 0.25) is 11.9 Å². The number of nitrogens with two attached hydrogens (primary N) is 2. The highest BCUT2D eigenvalue weighted by Crippen LogP contribution is 2.20. The van der Waals surface area contributed by atoms with Crippen LogP contribution in [0.1, 0.15) is 24.1 Å². The number of sulfonamides is 1. The van der Waals surface area contributed by atoms with Crippen molar-refractivity contribution in [1.82, 2.24) is 10.0 Å². The number of anilines is 1. The smallest absolute Gasteiger partial charge is 0.391 e. The van der Waals surface area contributed by atoms with Crippen LogP contribution in [0, 0.1) is 0 Å². The molecule has 0 saturated heterocycles. The third-order valence-electron chi connectivity index (χ3n) is 4.65. The monoisotopic (exact) mass is 560 g/mol. The van der Waals surface area contributed by atoms with Crippen LogP contribution < -0.4 is 31.9 Å². The minimum atomic E-state index is -5.51. The standard InChI is InChI=1S/C21H23F3N6O7S/c1-3-13-4-6-14(7-5-13)38(34,35)29-15-8-9-16(30(18(15)32)37-19(33)21(22,23)24)12(2)17(31)27-10-11-36-28-20(25)26/h3-9,12,29H,1,10-11H2,2H3,(H,27,31)(H4,25,26,28). The van der Waals surface area contributed by atoms with Crippen molar-refractivity contribution in [3.63, 3.8) is 0 Å². The second-order valence-electron chi connectivity index (χ2n) is 7.39. The largest absolute Gasteiger partial charge is 0.493 e. The summed E-state index contributed by atoms with van der Waals surface area (Å²) in [4.78, 5) is 45.6. The Morgan fingerprint density at radius 1 is 1.18 bits per heavy atom. The van der Waals surface area contributed by atoms with E-state index in [0.717, 1.165) is 12.1 Å². The summed E-state index contributed by atoms with van der Waals surface area (Å²) in [6, 6.07) is 7.13. The SMILES string of the molecule is C=Cc1ccc(S(=O)(=O)Nc2ccc(C(C)C(=O)NCCON=C(N)N)n(OC(=O)C(F)(F)F)c2=O)cc1. The molecule has 1 heterocycles. The fraction of sp³-hybridized carbons (Fsp3) is 0.238. The maximum absolute atomic E-state index is 12.9. The molecule has 0 radical (unpaired) electrons. The third-order valence-corrected chi connectivity index (χ3v) is 6.03. The lowest BCUT2D eigenvalue weighted by molar-refractivity contribution is -0.200. The van der Waals surface area contributed by atoms with E-state index in [2.05, 4.69) is 26.7 Å². The third kappa shape index (κ3) is 7.73. The predicted molar refractivity (Wildman–Crippen MR) is 129 cm³/mol. The van der Waals surface area contributed by atoms with Crippen LogP contribution in [-0.4, -0.2) is 50.3 Å². The van der Waals surface area contributed by atoms with Crippen LogP contribution in [0.5, 0.6) is 0 Å². The molecular weight excluding hydrogens is 537 g/mol. The Morgan fingerprint density at radius 3 is 2.37 bits per heavy atom. The van der Waals surface area contributed by atoms with E-state index in [9.17, 15) is 36.0 Å². The van der Waals surface area contributed by atoms with E-state index in [1.54, 1.807) is 0 Å². The second-order valence-corrected chi connectivity index (χ2v) is 9.07. The minimum absolute atomic E-state index is 0.103. The minimum Gasteiger partial charge on any atom is -0.391 e. The Balaban J connectivity index is 2.40. The molecule has 0 fully saturated rings. The Kier molecular flexibility index (Phi) is 9.48. The van der Waals surface area contributed by atoms with Gasteiger partial charge >= 0.3 is 17.7 Å². The molecule has 6 N–H and O–H groups in total. The topological polar surface area (TPSA) is 197 Å². The van der Waals surface area contributed by atoms with E-state index >= 15 is 0 Å². The van der Waals surface area contributed by atoms with E-state index < -0.39 is 50.9 Å². The fourth-order valence-electron chi connectivity index (χ4n) is 2.78. The number of pyridine rings is 1. The molecule has 1 aromatic heterocycles. The summed E-state index contributed by atoms with van der Waals surface area (Å²) in [6.07, 6.45) is -4.04. The molecule has 1 aromatic carbocycles. The molecule has 1 atom stereocenters. The first-order chi connectivity index (χ1) is 17.7. The van der Waals surface area contributed by atoms with Crippen molar-refractivity contribution in [3.8, 4) is 0 Å². The Hall–Kier alpha value is -4.54. The number of nitrogens with zero attached hydrogens (tertiary/aromatic N) is 2. The predicted octanol–water partition coefficient (Wildman–Crippen LogP) is 0.234. The van der Waals surface area contributed by atoms with Crippen LogP contribution in [-0.2, 0) is 24.4 Å². The molecule has 0 bridgehead atoms. The summed E-state index contributed by atoms with van der Waals surface area (Å²) in [7, 11) is -4.39. The van der Waals surface area contributed by atoms with Gasteiger partial charge in [0, 0.05) is 0 Å². The molecule has 0 aliphatic heterocycles. The van der Waals surface area contributed by atoms with Crippen molar-refractivity contribution >= 4 is 39.6 Å². The highest BCUT2D eigenvalue weighted by Gasteiger charge is 2.43. The van der Waals surface area contributed by atoms with E-state index in [0.29, 0.717) is 5.56 Å². The molecule has 1 unspecified atom stereocenters. The van der Waals surface area contributed by atoms with Gasteiger partial charge < -0.3 is 26.5 Å². The average molecular weight is 561 g/mol. The first-order valence-corrected chi connectivity index (χ1v) is 11.9. The van der Waals surface area contributed by atoms with E-state index in [4.69, 9.17) is 11.5 Å². The number of amides is 1. The molecular formula is C21H23F3N6O7S. The number of aromatic nitrogens is 1. The van der Waals surface area contributed by atoms with Gasteiger partial charge in [0.1, 0.15) is 12.3 Å². The molecule has 2 rings (SSSR count). The van der Waals surface area contributed by atoms with Crippen LogP contribution in [0.3, 0.4) is 0 Å². The Bertz CT molecular complexity index is 1390. The molecule has 0 aliphatic carbocycles. The van der Waals surface area contributed by atoms with Gasteiger partial charge in [-0.05, 0) is 41.9 Å². The molecule has 1 amide bonds. The number of halogens is 3. The molecule has 17 heteroatoms. The zero-order chi connectivity index (χ0) is 28.7. The van der Waals surface area contributed by atoms with Crippen molar-refractivity contribution in [2.75, 3.05) is 17.9 Å². The number of alkyl halides is 3. The highest BCUT2D eigenvalue weighted by atomic mass is 32.2. The van der Waals surface area contributed by atoms with Crippen LogP contribution in [0.15, 0.2) is 57.8 Å². The van der Waals surface area contributed by atoms with Crippen molar-refractivity contribution in [2.24, 2.45) is 16.6 Å². The number of nitrogens with one attached hydrogen (secondary N) is 2. The lowest BCUT2D eigenvalue weighted by Gasteiger charge is -2.19. The number of benzene rings is 1. The van der Waals surface area contributed by atoms with Crippen molar-refractivity contribution in [3.05, 3.63) is 64.6 Å². The van der Waals surface area contributed by atoms with Crippen molar-refractivity contribution in [2.45, 2.75) is 23.9 Å². The Labute approximate surface area is 213 Å². The number of oxime groups is 1. The normalized spacial score (nSPS) is 12.1. The zero-order valence-corrected chi connectivity index (χ0v) is 20.5. The molecule has 13 nitrogen and oxygen atoms in total. The van der Waals surface area contributed by atoms with Crippen LogP contribution >= 0.6 is 0 Å². The van der Waals surface area contributed by atoms with E-state index in [-0.39, 0.29) is 28.7 Å². The van der Waals surface area contributed by atoms with Gasteiger partial charge in [-0.1, -0.05) is 24.8 Å². The quantitative estimate of drug-likeness (QED) is 0.129. The van der Waals surface area contributed by atoms with Crippen LogP contribution in [0.2, 0.25) is 0 Å². The highest BCUT2D eigenvalue weighted by molar-refractivity contribution is 7.92. The maximum atomic E-state index is 12.9. The first kappa shape index (κ1) is 29.7. The number of carbonyl (C=O) groups is 2. The van der Waals surface area contributed by atoms with Crippen molar-refractivity contribution in [1.29, 1.82) is 0 Å². The van der Waals surface area contributed by atoms with Gasteiger partial charge in [-0.3, -0.25) is 14.3 Å². The molecule has 0 aliphatic rings. The summed E-state index contributed by atoms with van der Waals surface area (Å²) in [5.74, 6) is -5.32. The van der Waals surface area contributed by atoms with Gasteiger partial charge in [0.15, 0.2) is 0 Å². The van der Waals surface area contributed by atoms with E-state index in [1.165, 1.54) is 37.3 Å². The molecule has 38 heavy (non-hydrogen) atoms. The van der Waals surface area contributed by atoms with Gasteiger partial charge in [-0.15, -0.1) is 4.73 Å². The summed E-state index contributed by atoms with van der Waals surface area (Å²) in [5.41, 5.74) is 8.01. The van der Waals surface area contributed by atoms with E-state index in [1.807, 2.05) is 4.72 Å². The summed E-state index contributed by atoms with van der Waals surface area (Å²) in [6.45, 7) is 4.41. The number of hydrogen-bond acceptors (Lipinski definition) is 8. The number of guanidine groups is 1. The van der Waals surface area contributed by atoms with Crippen LogP contribution in [0.25, 0.3) is 6.08 Å². The van der Waals surface area contributed by atoms with Gasteiger partial charge in [-0.2, -0.15) is 13.2 Å². The zero-order valence-electron chi connectivity index (χ0n) is 19.7. The summed E-state index contributed by atoms with van der Waals surface area (Å²) >= 11 is 0. The first-order valence-electron chi connectivity index (χ1n) is 10.5. The van der Waals surface area contributed by atoms with Crippen LogP contribution in [0.4, 0.5) is 18.9 Å². The van der Waals surface area contributed by atoms with Gasteiger partial charge in [0.25, 0.3) is 10.0 Å². The maximum Gasteiger partial charge on any atom is 0.493 e. The molecule has 2 aromatic rings. The molecule has 0 saturated carbocycles. The average Bonchev–Trinajstić information content (AvgIpc) is 2.84. The summed E-state index contributed by atoms with van der Waals surface area (Å²) in [5, 5.41) is 5.58. The lowest BCUT2D eigenvalue weighted by Crippen LogP contribution is -2.42. The van der Waals surface area contributed by atoms with Crippen molar-refractivity contribution < 1.29 is 40.9 Å². The fourth-order valence-corrected chi connectivity index (χ4v) is 3.83. The number of hydrogen-bond donors (Lipinski definition) is 4. The molecule has 206 valence electrons. The molecule has 0 spiro atoms. The number of rotatable bonds is 11. The second kappa shape index (κ2) is 12.1. The van der Waals surface area contributed by atoms with Gasteiger partial charge in [0.05, 0.1) is 23.1 Å².